The smallest absolute Gasteiger partial charge is 0.116 e. The van der Waals surface area contributed by atoms with E-state index >= 15 is 0 Å². The number of aromatic nitrogens is 2. The molecule has 1 aromatic carbocycles. The Morgan fingerprint density at radius 2 is 1.80 bits per heavy atom. The molecule has 0 spiro atoms. The van der Waals surface area contributed by atoms with E-state index in [-0.39, 0.29) is 0 Å². The second kappa shape index (κ2) is 4.17. The van der Waals surface area contributed by atoms with Gasteiger partial charge in [-0.15, -0.1) is 0 Å². The zero-order valence-electron chi connectivity index (χ0n) is 8.04. The van der Waals surface area contributed by atoms with Gasteiger partial charge in [0.05, 0.1) is 15.7 Å². The average Bonchev–Trinajstić information content (AvgIpc) is 2.22. The van der Waals surface area contributed by atoms with Crippen molar-refractivity contribution in [1.29, 1.82) is 0 Å². The van der Waals surface area contributed by atoms with Gasteiger partial charge in [-0.25, -0.2) is 9.97 Å². The van der Waals surface area contributed by atoms with Crippen molar-refractivity contribution in [3.05, 3.63) is 46.3 Å². The maximum Gasteiger partial charge on any atom is 0.116 e. The molecule has 0 unspecified atom stereocenters. The molecule has 0 saturated heterocycles. The highest BCUT2D eigenvalue weighted by atomic mass is 35.5. The van der Waals surface area contributed by atoms with Crippen molar-refractivity contribution in [3.8, 4) is 11.3 Å². The van der Waals surface area contributed by atoms with E-state index in [2.05, 4.69) is 9.97 Å². The van der Waals surface area contributed by atoms with Gasteiger partial charge in [0, 0.05) is 11.3 Å². The van der Waals surface area contributed by atoms with E-state index in [9.17, 15) is 0 Å². The molecule has 2 rings (SSSR count). The molecule has 1 aromatic heterocycles. The van der Waals surface area contributed by atoms with Crippen LogP contribution < -0.4 is 0 Å². The summed E-state index contributed by atoms with van der Waals surface area (Å²) in [6.45, 7) is 1.92. The zero-order chi connectivity index (χ0) is 10.8. The zero-order valence-corrected chi connectivity index (χ0v) is 9.55. The molecular weight excluding hydrogens is 231 g/mol. The molecule has 0 amide bonds. The van der Waals surface area contributed by atoms with Crippen molar-refractivity contribution in [2.75, 3.05) is 0 Å². The van der Waals surface area contributed by atoms with E-state index in [1.54, 1.807) is 12.1 Å². The molecule has 0 aliphatic heterocycles. The third-order valence-corrected chi connectivity index (χ3v) is 2.76. The van der Waals surface area contributed by atoms with Gasteiger partial charge in [-0.3, -0.25) is 0 Å². The first-order chi connectivity index (χ1) is 7.16. The van der Waals surface area contributed by atoms with Crippen molar-refractivity contribution < 1.29 is 0 Å². The number of aryl methyl sites for hydroxylation is 1. The van der Waals surface area contributed by atoms with Crippen molar-refractivity contribution in [2.24, 2.45) is 0 Å². The van der Waals surface area contributed by atoms with Gasteiger partial charge >= 0.3 is 0 Å². The lowest BCUT2D eigenvalue weighted by Gasteiger charge is -2.02. The van der Waals surface area contributed by atoms with Gasteiger partial charge in [0.2, 0.25) is 0 Å². The summed E-state index contributed by atoms with van der Waals surface area (Å²) in [6, 6.07) is 7.35. The van der Waals surface area contributed by atoms with Crippen LogP contribution >= 0.6 is 23.2 Å². The summed E-state index contributed by atoms with van der Waals surface area (Å²) in [5, 5.41) is 1.08. The highest BCUT2D eigenvalue weighted by molar-refractivity contribution is 6.42. The number of nitrogens with zero attached hydrogens (tertiary/aromatic N) is 2. The lowest BCUT2D eigenvalue weighted by Crippen LogP contribution is -1.87. The lowest BCUT2D eigenvalue weighted by atomic mass is 10.1. The predicted octanol–water partition coefficient (Wildman–Crippen LogP) is 3.76. The molecule has 2 aromatic rings. The van der Waals surface area contributed by atoms with E-state index in [4.69, 9.17) is 23.2 Å². The molecule has 0 saturated carbocycles. The second-order valence-electron chi connectivity index (χ2n) is 3.17. The van der Waals surface area contributed by atoms with Gasteiger partial charge in [0.15, 0.2) is 0 Å². The van der Waals surface area contributed by atoms with Crippen LogP contribution in [0.25, 0.3) is 11.3 Å². The van der Waals surface area contributed by atoms with E-state index < -0.39 is 0 Å². The van der Waals surface area contributed by atoms with Crippen LogP contribution in [0.15, 0.2) is 30.6 Å². The molecule has 15 heavy (non-hydrogen) atoms. The standard InChI is InChI=1S/C11H8Cl2N2/c1-7-4-11(15-6-14-7)8-2-3-9(12)10(13)5-8/h2-6H,1H3. The summed E-state index contributed by atoms with van der Waals surface area (Å²) in [5.74, 6) is 0. The third-order valence-electron chi connectivity index (χ3n) is 2.02. The summed E-state index contributed by atoms with van der Waals surface area (Å²) in [5.41, 5.74) is 2.71. The van der Waals surface area contributed by atoms with Crippen LogP contribution in [0, 0.1) is 6.92 Å². The molecule has 0 N–H and O–H groups in total. The topological polar surface area (TPSA) is 25.8 Å². The lowest BCUT2D eigenvalue weighted by molar-refractivity contribution is 1.11. The molecule has 76 valence electrons. The fourth-order valence-electron chi connectivity index (χ4n) is 1.27. The van der Waals surface area contributed by atoms with Crippen LogP contribution in [-0.2, 0) is 0 Å². The molecular formula is C11H8Cl2N2. The first kappa shape index (κ1) is 10.4. The Labute approximate surface area is 97.9 Å². The number of hydrogen-bond donors (Lipinski definition) is 0. The molecule has 1 heterocycles. The fraction of sp³-hybridized carbons (Fsp3) is 0.0909. The Hall–Kier alpha value is -1.12. The summed E-state index contributed by atoms with van der Waals surface area (Å²) in [6.07, 6.45) is 1.53. The minimum atomic E-state index is 0.533. The van der Waals surface area contributed by atoms with E-state index in [1.807, 2.05) is 19.1 Å². The highest BCUT2D eigenvalue weighted by Gasteiger charge is 2.03. The highest BCUT2D eigenvalue weighted by Crippen LogP contribution is 2.27. The van der Waals surface area contributed by atoms with Crippen LogP contribution in [0.5, 0.6) is 0 Å². The normalized spacial score (nSPS) is 10.3. The Morgan fingerprint density at radius 3 is 2.47 bits per heavy atom. The van der Waals surface area contributed by atoms with Crippen LogP contribution in [0.4, 0.5) is 0 Å². The molecule has 0 fully saturated rings. The molecule has 0 radical (unpaired) electrons. The first-order valence-corrected chi connectivity index (χ1v) is 5.16. The summed E-state index contributed by atoms with van der Waals surface area (Å²) < 4.78 is 0. The van der Waals surface area contributed by atoms with E-state index in [0.29, 0.717) is 10.0 Å². The minimum Gasteiger partial charge on any atom is -0.242 e. The second-order valence-corrected chi connectivity index (χ2v) is 3.99. The molecule has 2 nitrogen and oxygen atoms in total. The molecule has 0 aliphatic rings. The van der Waals surface area contributed by atoms with Crippen molar-refractivity contribution in [2.45, 2.75) is 6.92 Å². The van der Waals surface area contributed by atoms with Gasteiger partial charge < -0.3 is 0 Å². The average molecular weight is 239 g/mol. The molecule has 0 bridgehead atoms. The van der Waals surface area contributed by atoms with Gasteiger partial charge in [-0.2, -0.15) is 0 Å². The molecule has 0 atom stereocenters. The summed E-state index contributed by atoms with van der Waals surface area (Å²) in [4.78, 5) is 8.20. The van der Waals surface area contributed by atoms with Crippen molar-refractivity contribution in [3.63, 3.8) is 0 Å². The Bertz CT molecular complexity index is 498. The van der Waals surface area contributed by atoms with Crippen LogP contribution in [0.2, 0.25) is 10.0 Å². The SMILES string of the molecule is Cc1cc(-c2ccc(Cl)c(Cl)c2)ncn1. The summed E-state index contributed by atoms with van der Waals surface area (Å²) >= 11 is 11.8. The van der Waals surface area contributed by atoms with Crippen molar-refractivity contribution >= 4 is 23.2 Å². The number of rotatable bonds is 1. The minimum absolute atomic E-state index is 0.533. The Kier molecular flexibility index (Phi) is 2.89. The largest absolute Gasteiger partial charge is 0.242 e. The predicted molar refractivity (Wildman–Crippen MR) is 62.2 cm³/mol. The maximum absolute atomic E-state index is 5.93. The third kappa shape index (κ3) is 2.28. The van der Waals surface area contributed by atoms with E-state index in [0.717, 1.165) is 17.0 Å². The van der Waals surface area contributed by atoms with Gasteiger partial charge in [0.25, 0.3) is 0 Å². The number of halogens is 2. The maximum atomic E-state index is 5.93. The van der Waals surface area contributed by atoms with Crippen molar-refractivity contribution in [1.82, 2.24) is 9.97 Å². The van der Waals surface area contributed by atoms with Gasteiger partial charge in [-0.05, 0) is 25.1 Å². The summed E-state index contributed by atoms with van der Waals surface area (Å²) in [7, 11) is 0. The van der Waals surface area contributed by atoms with Crippen LogP contribution in [0.1, 0.15) is 5.69 Å². The van der Waals surface area contributed by atoms with Gasteiger partial charge in [0.1, 0.15) is 6.33 Å². The quantitative estimate of drug-likeness (QED) is 0.757. The Morgan fingerprint density at radius 1 is 1.00 bits per heavy atom. The Balaban J connectivity index is 2.50. The number of hydrogen-bond acceptors (Lipinski definition) is 2. The van der Waals surface area contributed by atoms with E-state index in [1.165, 1.54) is 6.33 Å². The molecule has 4 heteroatoms. The molecule has 0 aliphatic carbocycles. The first-order valence-electron chi connectivity index (χ1n) is 4.41. The van der Waals surface area contributed by atoms with Gasteiger partial charge in [-0.1, -0.05) is 29.3 Å². The fourth-order valence-corrected chi connectivity index (χ4v) is 1.57. The monoisotopic (exact) mass is 238 g/mol. The van der Waals surface area contributed by atoms with Crippen LogP contribution in [-0.4, -0.2) is 9.97 Å². The van der Waals surface area contributed by atoms with Crippen LogP contribution in [0.3, 0.4) is 0 Å². The number of benzene rings is 1.